The maximum Gasteiger partial charge on any atom is 0.111 e. The number of fused-ring (bicyclic) bond motifs is 8. The van der Waals surface area contributed by atoms with Crippen LogP contribution in [0.25, 0.3) is 90.9 Å². The summed E-state index contributed by atoms with van der Waals surface area (Å²) in [6, 6.07) is 47.4. The fourth-order valence-electron chi connectivity index (χ4n) is 8.62. The van der Waals surface area contributed by atoms with Crippen molar-refractivity contribution in [3.63, 3.8) is 0 Å². The van der Waals surface area contributed by atoms with Crippen LogP contribution in [0.1, 0.15) is 28.3 Å². The van der Waals surface area contributed by atoms with Gasteiger partial charge in [0, 0.05) is 50.7 Å². The molecule has 1 saturated heterocycles. The summed E-state index contributed by atoms with van der Waals surface area (Å²) in [7, 11) is 0. The van der Waals surface area contributed by atoms with Crippen LogP contribution in [0.5, 0.6) is 0 Å². The lowest BCUT2D eigenvalue weighted by molar-refractivity contribution is -0.228. The molecular formula is C51H42N4O5. The fraction of sp³-hybridized carbons (Fsp3) is 0.137. The third kappa shape index (κ3) is 6.88. The molecule has 9 nitrogen and oxygen atoms in total. The van der Waals surface area contributed by atoms with Crippen molar-refractivity contribution in [1.82, 2.24) is 19.9 Å². The molecule has 60 heavy (non-hydrogen) atoms. The third-order valence-corrected chi connectivity index (χ3v) is 11.6. The summed E-state index contributed by atoms with van der Waals surface area (Å²) in [5, 5.41) is 41.2. The number of nitrogens with zero attached hydrogens (tertiary/aromatic N) is 2. The molecule has 0 unspecified atom stereocenters. The highest BCUT2D eigenvalue weighted by Gasteiger charge is 2.43. The van der Waals surface area contributed by atoms with Crippen molar-refractivity contribution in [3.8, 4) is 44.5 Å². The zero-order valence-corrected chi connectivity index (χ0v) is 32.5. The minimum Gasteiger partial charge on any atom is -0.394 e. The van der Waals surface area contributed by atoms with Crippen molar-refractivity contribution < 1.29 is 25.2 Å². The number of ether oxygens (including phenoxy) is 1. The van der Waals surface area contributed by atoms with E-state index < -0.39 is 37.1 Å². The highest BCUT2D eigenvalue weighted by atomic mass is 16.5. The Balaban J connectivity index is 1.23. The molecule has 0 radical (unpaired) electrons. The highest BCUT2D eigenvalue weighted by molar-refractivity contribution is 5.99. The smallest absolute Gasteiger partial charge is 0.111 e. The Bertz CT molecular complexity index is 2880. The van der Waals surface area contributed by atoms with Gasteiger partial charge in [0.05, 0.1) is 35.5 Å². The second kappa shape index (κ2) is 15.8. The van der Waals surface area contributed by atoms with Gasteiger partial charge in [0.15, 0.2) is 0 Å². The monoisotopic (exact) mass is 790 g/mol. The van der Waals surface area contributed by atoms with Crippen LogP contribution in [0.3, 0.4) is 0 Å². The van der Waals surface area contributed by atoms with E-state index in [9.17, 15) is 20.4 Å². The van der Waals surface area contributed by atoms with Gasteiger partial charge in [-0.3, -0.25) is 0 Å². The van der Waals surface area contributed by atoms with Crippen LogP contribution in [0, 0.1) is 0 Å². The summed E-state index contributed by atoms with van der Waals surface area (Å²) in [4.78, 5) is 18.3. The van der Waals surface area contributed by atoms with Crippen LogP contribution >= 0.6 is 0 Å². The molecule has 6 heterocycles. The number of aliphatic hydroxyl groups is 4. The normalized spacial score (nSPS) is 19.8. The number of benzene rings is 4. The number of aromatic amines is 2. The first-order valence-electron chi connectivity index (χ1n) is 20.2. The molecule has 3 aromatic heterocycles. The maximum atomic E-state index is 10.8. The van der Waals surface area contributed by atoms with E-state index in [-0.39, 0.29) is 6.42 Å². The molecule has 0 spiro atoms. The van der Waals surface area contributed by atoms with Crippen LogP contribution in [-0.4, -0.2) is 77.5 Å². The number of aliphatic hydroxyl groups excluding tert-OH is 4. The average molecular weight is 791 g/mol. The number of H-pyrrole nitrogens is 2. The topological polar surface area (TPSA) is 148 Å². The van der Waals surface area contributed by atoms with E-state index in [1.54, 1.807) is 0 Å². The van der Waals surface area contributed by atoms with Gasteiger partial charge in [0.25, 0.3) is 0 Å². The van der Waals surface area contributed by atoms with E-state index >= 15 is 0 Å². The van der Waals surface area contributed by atoms with E-state index in [1.807, 2.05) is 66.7 Å². The molecule has 3 aliphatic heterocycles. The van der Waals surface area contributed by atoms with Crippen LogP contribution < -0.4 is 0 Å². The van der Waals surface area contributed by atoms with Crippen molar-refractivity contribution in [1.29, 1.82) is 0 Å². The molecule has 7 aromatic rings. The first-order chi connectivity index (χ1) is 29.4. The second-order valence-corrected chi connectivity index (χ2v) is 15.4. The van der Waals surface area contributed by atoms with Gasteiger partial charge in [-0.05, 0) is 76.4 Å². The molecule has 3 aliphatic rings. The number of aromatic nitrogens is 4. The van der Waals surface area contributed by atoms with Gasteiger partial charge in [-0.1, -0.05) is 115 Å². The van der Waals surface area contributed by atoms with Gasteiger partial charge in [0.1, 0.15) is 24.4 Å². The summed E-state index contributed by atoms with van der Waals surface area (Å²) < 4.78 is 5.83. The number of hydrogen-bond donors (Lipinski definition) is 6. The SMILES string of the molecule is OC[C@H]1O[C@@H](Cc2ccc(-c3c4nc(c(-c5ccccc5)c5ccc([nH]5)c(-c5ccccc5)c5nc(c(-c6ccccc6)c6ccc3[nH]6)C=C5)C=C4)cc2)[C@H](O)[C@@H](O)[C@@H]1O. The Morgan fingerprint density at radius 3 is 1.13 bits per heavy atom. The van der Waals surface area contributed by atoms with Gasteiger partial charge >= 0.3 is 0 Å². The first kappa shape index (κ1) is 37.5. The van der Waals surface area contributed by atoms with E-state index in [4.69, 9.17) is 14.7 Å². The Morgan fingerprint density at radius 2 is 0.767 bits per heavy atom. The Morgan fingerprint density at radius 1 is 0.417 bits per heavy atom. The maximum absolute atomic E-state index is 10.8. The number of hydrogen-bond acceptors (Lipinski definition) is 7. The Labute approximate surface area is 346 Å². The van der Waals surface area contributed by atoms with E-state index in [1.165, 1.54) is 0 Å². The highest BCUT2D eigenvalue weighted by Crippen LogP contribution is 2.38. The Hall–Kier alpha value is -6.72. The van der Waals surface area contributed by atoms with Gasteiger partial charge < -0.3 is 35.1 Å². The molecule has 0 saturated carbocycles. The molecule has 1 fully saturated rings. The predicted octanol–water partition coefficient (Wildman–Crippen LogP) is 8.71. The lowest BCUT2D eigenvalue weighted by Crippen LogP contribution is -2.58. The van der Waals surface area contributed by atoms with Crippen molar-refractivity contribution in [2.75, 3.05) is 6.61 Å². The average Bonchev–Trinajstić information content (AvgIpc) is 4.14. The van der Waals surface area contributed by atoms with Crippen molar-refractivity contribution in [3.05, 3.63) is 168 Å². The largest absolute Gasteiger partial charge is 0.394 e. The van der Waals surface area contributed by atoms with Gasteiger partial charge in [-0.2, -0.15) is 0 Å². The lowest BCUT2D eigenvalue weighted by atomic mass is 9.91. The van der Waals surface area contributed by atoms with Crippen LogP contribution in [0.2, 0.25) is 0 Å². The summed E-state index contributed by atoms with van der Waals surface area (Å²) in [5.74, 6) is 0. The predicted molar refractivity (Wildman–Crippen MR) is 238 cm³/mol. The van der Waals surface area contributed by atoms with Crippen molar-refractivity contribution >= 4 is 46.4 Å². The van der Waals surface area contributed by atoms with Crippen LogP contribution in [-0.2, 0) is 11.2 Å². The Kier molecular flexibility index (Phi) is 9.89. The van der Waals surface area contributed by atoms with Crippen molar-refractivity contribution in [2.24, 2.45) is 0 Å². The molecule has 5 atom stereocenters. The van der Waals surface area contributed by atoms with E-state index in [0.29, 0.717) is 0 Å². The van der Waals surface area contributed by atoms with Gasteiger partial charge in [0.2, 0.25) is 0 Å². The minimum atomic E-state index is -1.43. The molecule has 296 valence electrons. The summed E-state index contributed by atoms with van der Waals surface area (Å²) in [6.45, 7) is -0.473. The standard InChI is InChI=1S/C51H42N4O5/c56-29-44-50(58)51(59)49(57)43(60-44)28-30-16-18-34(19-17-30)48-41-26-24-39(54-41)46(32-12-6-2-7-13-32)37-22-20-35(52-37)45(31-10-4-1-5-11-31)36-21-23-38(53-36)47(33-14-8-3-9-15-33)40-25-27-42(48)55-40/h1-27,43-44,49-52,55-59H,28-29H2/t43-,44+,49-,50+,51+/m0/s1. The van der Waals surface area contributed by atoms with Crippen LogP contribution in [0.4, 0.5) is 0 Å². The third-order valence-electron chi connectivity index (χ3n) is 11.6. The molecular weight excluding hydrogens is 749 g/mol. The number of nitrogens with one attached hydrogen (secondary N) is 2. The second-order valence-electron chi connectivity index (χ2n) is 15.4. The molecule has 0 aliphatic carbocycles. The van der Waals surface area contributed by atoms with Crippen LogP contribution in [0.15, 0.2) is 140 Å². The first-order valence-corrected chi connectivity index (χ1v) is 20.2. The molecule has 9 heteroatoms. The summed E-state index contributed by atoms with van der Waals surface area (Å²) in [5.41, 5.74) is 15.6. The van der Waals surface area contributed by atoms with Gasteiger partial charge in [-0.25, -0.2) is 9.97 Å². The molecule has 0 amide bonds. The summed E-state index contributed by atoms with van der Waals surface area (Å²) in [6.07, 6.45) is 2.66. The summed E-state index contributed by atoms with van der Waals surface area (Å²) >= 11 is 0. The fourth-order valence-corrected chi connectivity index (χ4v) is 8.62. The molecule has 4 aromatic carbocycles. The lowest BCUT2D eigenvalue weighted by Gasteiger charge is -2.40. The number of rotatable bonds is 7. The quantitative estimate of drug-likeness (QED) is 0.0947. The van der Waals surface area contributed by atoms with E-state index in [2.05, 4.69) is 107 Å². The minimum absolute atomic E-state index is 0.267. The van der Waals surface area contributed by atoms with E-state index in [0.717, 1.165) is 94.9 Å². The van der Waals surface area contributed by atoms with Gasteiger partial charge in [-0.15, -0.1) is 0 Å². The molecule has 8 bridgehead atoms. The molecule has 6 N–H and O–H groups in total. The molecule has 10 rings (SSSR count). The zero-order chi connectivity index (χ0) is 40.7. The van der Waals surface area contributed by atoms with Crippen molar-refractivity contribution in [2.45, 2.75) is 36.9 Å². The zero-order valence-electron chi connectivity index (χ0n) is 32.5.